The molecular formula is C8H9N3O. The predicted octanol–water partition coefficient (Wildman–Crippen LogP) is 0.315. The zero-order valence-corrected chi connectivity index (χ0v) is 6.42. The topological polar surface area (TPSA) is 74.7 Å². The average molecular weight is 163 g/mol. The van der Waals surface area contributed by atoms with E-state index in [1.54, 1.807) is 6.20 Å². The molecule has 0 aliphatic carbocycles. The summed E-state index contributed by atoms with van der Waals surface area (Å²) in [5, 5.41) is 0.983. The maximum atomic E-state index is 10.9. The van der Waals surface area contributed by atoms with Crippen molar-refractivity contribution < 1.29 is 0 Å². The molecule has 2 heterocycles. The summed E-state index contributed by atoms with van der Waals surface area (Å²) in [7, 11) is 0. The largest absolute Gasteiger partial charge is 0.361 e. The van der Waals surface area contributed by atoms with Crippen molar-refractivity contribution in [3.8, 4) is 0 Å². The van der Waals surface area contributed by atoms with Crippen LogP contribution in [-0.2, 0) is 6.54 Å². The lowest BCUT2D eigenvalue weighted by molar-refractivity contribution is 1.08. The van der Waals surface area contributed by atoms with E-state index in [1.807, 2.05) is 6.20 Å². The Balaban J connectivity index is 2.81. The van der Waals surface area contributed by atoms with Crippen LogP contribution in [0.5, 0.6) is 0 Å². The highest BCUT2D eigenvalue weighted by molar-refractivity contribution is 5.81. The normalized spacial score (nSPS) is 10.8. The van der Waals surface area contributed by atoms with Gasteiger partial charge in [-0.3, -0.25) is 4.79 Å². The summed E-state index contributed by atoms with van der Waals surface area (Å²) >= 11 is 0. The van der Waals surface area contributed by atoms with E-state index in [0.29, 0.717) is 6.54 Å². The molecule has 2 rings (SSSR count). The Bertz CT molecular complexity index is 455. The Kier molecular flexibility index (Phi) is 1.48. The summed E-state index contributed by atoms with van der Waals surface area (Å²) in [5.74, 6) is 0. The minimum absolute atomic E-state index is 0.104. The number of nitrogens with two attached hydrogens (primary N) is 1. The van der Waals surface area contributed by atoms with Crippen LogP contribution >= 0.6 is 0 Å². The third kappa shape index (κ3) is 0.931. The van der Waals surface area contributed by atoms with Crippen LogP contribution in [0.1, 0.15) is 5.56 Å². The number of pyridine rings is 1. The second-order valence-corrected chi connectivity index (χ2v) is 2.64. The van der Waals surface area contributed by atoms with Crippen molar-refractivity contribution in [1.82, 2.24) is 9.97 Å². The molecule has 2 aromatic heterocycles. The first-order chi connectivity index (χ1) is 5.81. The van der Waals surface area contributed by atoms with Gasteiger partial charge in [0.25, 0.3) is 0 Å². The van der Waals surface area contributed by atoms with Crippen LogP contribution in [0.4, 0.5) is 0 Å². The molecule has 0 fully saturated rings. The highest BCUT2D eigenvalue weighted by atomic mass is 16.1. The van der Waals surface area contributed by atoms with Crippen molar-refractivity contribution in [1.29, 1.82) is 0 Å². The molecule has 0 atom stereocenters. The van der Waals surface area contributed by atoms with E-state index in [1.165, 1.54) is 6.07 Å². The Hall–Kier alpha value is -1.55. The molecule has 4 heteroatoms. The summed E-state index contributed by atoms with van der Waals surface area (Å²) in [6, 6.07) is 1.52. The molecule has 0 saturated carbocycles. The number of hydrogen-bond donors (Lipinski definition) is 3. The van der Waals surface area contributed by atoms with E-state index in [2.05, 4.69) is 9.97 Å². The molecule has 0 aliphatic rings. The lowest BCUT2D eigenvalue weighted by Crippen LogP contribution is -2.02. The highest BCUT2D eigenvalue weighted by Gasteiger charge is 2.00. The summed E-state index contributed by atoms with van der Waals surface area (Å²) in [6.45, 7) is 0.478. The molecule has 0 aromatic carbocycles. The predicted molar refractivity (Wildman–Crippen MR) is 46.8 cm³/mol. The van der Waals surface area contributed by atoms with Gasteiger partial charge in [-0.2, -0.15) is 0 Å². The molecule has 0 amide bonds. The SMILES string of the molecule is NCc1c[nH]c2cc(=O)[nH]cc12. The van der Waals surface area contributed by atoms with E-state index in [-0.39, 0.29) is 5.56 Å². The summed E-state index contributed by atoms with van der Waals surface area (Å²) in [6.07, 6.45) is 3.49. The molecule has 0 bridgehead atoms. The first-order valence-corrected chi connectivity index (χ1v) is 3.70. The number of nitrogens with one attached hydrogen (secondary N) is 2. The van der Waals surface area contributed by atoms with Crippen molar-refractivity contribution in [2.24, 2.45) is 5.73 Å². The molecule has 4 N–H and O–H groups in total. The molecule has 0 saturated heterocycles. The van der Waals surface area contributed by atoms with Crippen molar-refractivity contribution in [3.05, 3.63) is 34.4 Å². The van der Waals surface area contributed by atoms with E-state index in [0.717, 1.165) is 16.5 Å². The van der Waals surface area contributed by atoms with Crippen LogP contribution in [0, 0.1) is 0 Å². The molecule has 0 unspecified atom stereocenters. The van der Waals surface area contributed by atoms with Crippen LogP contribution in [-0.4, -0.2) is 9.97 Å². The lowest BCUT2D eigenvalue weighted by Gasteiger charge is -1.91. The minimum Gasteiger partial charge on any atom is -0.361 e. The second kappa shape index (κ2) is 2.49. The number of aromatic nitrogens is 2. The van der Waals surface area contributed by atoms with Crippen LogP contribution < -0.4 is 11.3 Å². The first-order valence-electron chi connectivity index (χ1n) is 3.70. The Labute approximate surface area is 68.4 Å². The minimum atomic E-state index is -0.104. The Morgan fingerprint density at radius 1 is 1.33 bits per heavy atom. The number of hydrogen-bond acceptors (Lipinski definition) is 2. The van der Waals surface area contributed by atoms with Gasteiger partial charge in [-0.25, -0.2) is 0 Å². The van der Waals surface area contributed by atoms with Gasteiger partial charge >= 0.3 is 0 Å². The van der Waals surface area contributed by atoms with Gasteiger partial charge in [0, 0.05) is 30.4 Å². The van der Waals surface area contributed by atoms with Gasteiger partial charge in [0.15, 0.2) is 0 Å². The maximum Gasteiger partial charge on any atom is 0.250 e. The van der Waals surface area contributed by atoms with Crippen molar-refractivity contribution in [2.75, 3.05) is 0 Å². The maximum absolute atomic E-state index is 10.9. The van der Waals surface area contributed by atoms with E-state index >= 15 is 0 Å². The van der Waals surface area contributed by atoms with Crippen LogP contribution in [0.3, 0.4) is 0 Å². The fourth-order valence-corrected chi connectivity index (χ4v) is 1.27. The van der Waals surface area contributed by atoms with Gasteiger partial charge in [0.2, 0.25) is 5.56 Å². The third-order valence-electron chi connectivity index (χ3n) is 1.89. The Morgan fingerprint density at radius 2 is 2.17 bits per heavy atom. The van der Waals surface area contributed by atoms with Crippen molar-refractivity contribution >= 4 is 10.9 Å². The molecule has 62 valence electrons. The van der Waals surface area contributed by atoms with E-state index < -0.39 is 0 Å². The zero-order chi connectivity index (χ0) is 8.55. The second-order valence-electron chi connectivity index (χ2n) is 2.64. The molecular weight excluding hydrogens is 154 g/mol. The van der Waals surface area contributed by atoms with Gasteiger partial charge in [-0.05, 0) is 5.56 Å². The quantitative estimate of drug-likeness (QED) is 0.566. The van der Waals surface area contributed by atoms with Crippen molar-refractivity contribution in [2.45, 2.75) is 6.54 Å². The molecule has 0 radical (unpaired) electrons. The molecule has 0 aliphatic heterocycles. The van der Waals surface area contributed by atoms with E-state index in [4.69, 9.17) is 5.73 Å². The number of rotatable bonds is 1. The molecule has 4 nitrogen and oxygen atoms in total. The fraction of sp³-hybridized carbons (Fsp3) is 0.125. The van der Waals surface area contributed by atoms with Gasteiger partial charge in [0.1, 0.15) is 0 Å². The van der Waals surface area contributed by atoms with Gasteiger partial charge in [0.05, 0.1) is 5.52 Å². The van der Waals surface area contributed by atoms with Gasteiger partial charge in [-0.1, -0.05) is 0 Å². The smallest absolute Gasteiger partial charge is 0.250 e. The summed E-state index contributed by atoms with van der Waals surface area (Å²) in [5.41, 5.74) is 7.23. The van der Waals surface area contributed by atoms with Crippen molar-refractivity contribution in [3.63, 3.8) is 0 Å². The standard InChI is InChI=1S/C8H9N3O/c9-2-5-3-10-7-1-8(12)11-4-6(5)7/h1,3-4,10H,2,9H2,(H,11,12). The summed E-state index contributed by atoms with van der Waals surface area (Å²) in [4.78, 5) is 16.5. The van der Waals surface area contributed by atoms with E-state index in [9.17, 15) is 4.79 Å². The van der Waals surface area contributed by atoms with Crippen LogP contribution in [0.25, 0.3) is 10.9 Å². The lowest BCUT2D eigenvalue weighted by atomic mass is 10.2. The highest BCUT2D eigenvalue weighted by Crippen LogP contribution is 2.13. The molecule has 2 aromatic rings. The van der Waals surface area contributed by atoms with Crippen LogP contribution in [0.15, 0.2) is 23.3 Å². The summed E-state index contributed by atoms with van der Waals surface area (Å²) < 4.78 is 0. The molecule has 0 spiro atoms. The number of fused-ring (bicyclic) bond motifs is 1. The monoisotopic (exact) mass is 163 g/mol. The average Bonchev–Trinajstić information content (AvgIpc) is 2.46. The molecule has 12 heavy (non-hydrogen) atoms. The number of H-pyrrole nitrogens is 2. The van der Waals surface area contributed by atoms with Crippen LogP contribution in [0.2, 0.25) is 0 Å². The van der Waals surface area contributed by atoms with Gasteiger partial charge < -0.3 is 15.7 Å². The Morgan fingerprint density at radius 3 is 2.92 bits per heavy atom. The fourth-order valence-electron chi connectivity index (χ4n) is 1.27. The third-order valence-corrected chi connectivity index (χ3v) is 1.89. The number of aromatic amines is 2. The first kappa shape index (κ1) is 7.12. The van der Waals surface area contributed by atoms with Gasteiger partial charge in [-0.15, -0.1) is 0 Å². The zero-order valence-electron chi connectivity index (χ0n) is 6.42.